The fourth-order valence-electron chi connectivity index (χ4n) is 2.72. The molecule has 0 bridgehead atoms. The van der Waals surface area contributed by atoms with Gasteiger partial charge in [0.15, 0.2) is 5.13 Å². The van der Waals surface area contributed by atoms with Crippen LogP contribution in [0.15, 0.2) is 23.6 Å². The molecule has 2 N–H and O–H groups in total. The summed E-state index contributed by atoms with van der Waals surface area (Å²) < 4.78 is 0. The monoisotopic (exact) mass is 343 g/mol. The number of nitrogens with zero attached hydrogens (tertiary/aromatic N) is 1. The second-order valence-electron chi connectivity index (χ2n) is 5.96. The first kappa shape index (κ1) is 16.6. The zero-order valence-corrected chi connectivity index (χ0v) is 14.5. The first-order valence-electron chi connectivity index (χ1n) is 8.34. The van der Waals surface area contributed by atoms with Gasteiger partial charge in [0, 0.05) is 29.5 Å². The van der Waals surface area contributed by atoms with Crippen molar-refractivity contribution in [3.63, 3.8) is 0 Å². The first-order chi connectivity index (χ1) is 11.7. The summed E-state index contributed by atoms with van der Waals surface area (Å²) in [5, 5.41) is 8.34. The Morgan fingerprint density at radius 1 is 1.33 bits per heavy atom. The van der Waals surface area contributed by atoms with Gasteiger partial charge in [-0.1, -0.05) is 25.8 Å². The largest absolute Gasteiger partial charge is 0.326 e. The van der Waals surface area contributed by atoms with Crippen LogP contribution in [0.2, 0.25) is 0 Å². The van der Waals surface area contributed by atoms with E-state index in [2.05, 4.69) is 28.6 Å². The van der Waals surface area contributed by atoms with Gasteiger partial charge in [0.2, 0.25) is 11.8 Å². The second-order valence-corrected chi connectivity index (χ2v) is 6.82. The van der Waals surface area contributed by atoms with Gasteiger partial charge < -0.3 is 10.6 Å². The molecule has 2 heterocycles. The Hall–Kier alpha value is -2.21. The smallest absolute Gasteiger partial charge is 0.226 e. The van der Waals surface area contributed by atoms with Gasteiger partial charge in [-0.25, -0.2) is 4.98 Å². The van der Waals surface area contributed by atoms with Crippen molar-refractivity contribution in [2.24, 2.45) is 0 Å². The summed E-state index contributed by atoms with van der Waals surface area (Å²) >= 11 is 1.44. The molecule has 1 aliphatic rings. The van der Waals surface area contributed by atoms with Crippen molar-refractivity contribution in [3.05, 3.63) is 29.1 Å². The van der Waals surface area contributed by atoms with E-state index >= 15 is 0 Å². The van der Waals surface area contributed by atoms with Crippen molar-refractivity contribution < 1.29 is 9.59 Å². The Labute approximate surface area is 145 Å². The van der Waals surface area contributed by atoms with Gasteiger partial charge in [-0.05, 0) is 30.5 Å². The first-order valence-corrected chi connectivity index (χ1v) is 9.22. The predicted octanol–water partition coefficient (Wildman–Crippen LogP) is 4.21. The van der Waals surface area contributed by atoms with Gasteiger partial charge in [0.25, 0.3) is 0 Å². The highest BCUT2D eigenvalue weighted by molar-refractivity contribution is 7.14. The van der Waals surface area contributed by atoms with E-state index in [9.17, 15) is 9.59 Å². The number of rotatable bonds is 6. The fraction of sp³-hybridized carbons (Fsp3) is 0.389. The minimum absolute atomic E-state index is 0.0255. The number of thiazole rings is 1. The van der Waals surface area contributed by atoms with Crippen molar-refractivity contribution in [1.29, 1.82) is 0 Å². The summed E-state index contributed by atoms with van der Waals surface area (Å²) in [6.07, 6.45) is 4.90. The van der Waals surface area contributed by atoms with Crippen LogP contribution in [0.25, 0.3) is 11.3 Å². The number of hydrogen-bond acceptors (Lipinski definition) is 4. The average molecular weight is 343 g/mol. The zero-order valence-electron chi connectivity index (χ0n) is 13.7. The van der Waals surface area contributed by atoms with Crippen LogP contribution in [-0.4, -0.2) is 16.8 Å². The predicted molar refractivity (Wildman–Crippen MR) is 97.3 cm³/mol. The Kier molecular flexibility index (Phi) is 5.25. The van der Waals surface area contributed by atoms with Gasteiger partial charge in [-0.3, -0.25) is 9.59 Å². The van der Waals surface area contributed by atoms with Crippen molar-refractivity contribution in [2.45, 2.75) is 45.4 Å². The van der Waals surface area contributed by atoms with Crippen molar-refractivity contribution in [3.8, 4) is 11.3 Å². The van der Waals surface area contributed by atoms with Crippen LogP contribution in [0, 0.1) is 0 Å². The van der Waals surface area contributed by atoms with E-state index in [0.717, 1.165) is 48.2 Å². The van der Waals surface area contributed by atoms with E-state index in [0.29, 0.717) is 18.0 Å². The molecule has 24 heavy (non-hydrogen) atoms. The van der Waals surface area contributed by atoms with Crippen LogP contribution in [0.5, 0.6) is 0 Å². The number of unbranched alkanes of at least 4 members (excludes halogenated alkanes) is 2. The van der Waals surface area contributed by atoms with E-state index in [1.54, 1.807) is 0 Å². The molecule has 0 saturated carbocycles. The number of aryl methyl sites for hydroxylation is 1. The molecule has 126 valence electrons. The third-order valence-corrected chi connectivity index (χ3v) is 4.81. The molecule has 1 aromatic carbocycles. The lowest BCUT2D eigenvalue weighted by Gasteiger charge is -2.17. The minimum atomic E-state index is 0.0255. The lowest BCUT2D eigenvalue weighted by atomic mass is 9.99. The Balaban J connectivity index is 1.67. The average Bonchev–Trinajstić information content (AvgIpc) is 3.03. The van der Waals surface area contributed by atoms with E-state index in [1.807, 2.05) is 17.5 Å². The normalized spacial score (nSPS) is 13.3. The summed E-state index contributed by atoms with van der Waals surface area (Å²) in [4.78, 5) is 27.8. The van der Waals surface area contributed by atoms with Gasteiger partial charge in [0.05, 0.1) is 5.69 Å². The number of anilines is 2. The van der Waals surface area contributed by atoms with Gasteiger partial charge in [0.1, 0.15) is 0 Å². The summed E-state index contributed by atoms with van der Waals surface area (Å²) in [5.74, 6) is 0.0921. The van der Waals surface area contributed by atoms with E-state index in [-0.39, 0.29) is 11.8 Å². The van der Waals surface area contributed by atoms with Crippen LogP contribution in [0.4, 0.5) is 10.8 Å². The standard InChI is InChI=1S/C18H21N3O2S/c1-2-3-4-5-16(22)21-18-20-15(11-24-18)13-6-8-14-12(10-13)7-9-17(23)19-14/h6,8,10-11H,2-5,7,9H2,1H3,(H,19,23)(H,20,21,22). The van der Waals surface area contributed by atoms with Crippen molar-refractivity contribution in [1.82, 2.24) is 4.98 Å². The summed E-state index contributed by atoms with van der Waals surface area (Å²) in [5.41, 5.74) is 3.87. The van der Waals surface area contributed by atoms with Crippen LogP contribution in [0.3, 0.4) is 0 Å². The Morgan fingerprint density at radius 3 is 3.04 bits per heavy atom. The Bertz CT molecular complexity index is 754. The maximum atomic E-state index is 11.9. The van der Waals surface area contributed by atoms with Crippen LogP contribution >= 0.6 is 11.3 Å². The van der Waals surface area contributed by atoms with E-state index in [4.69, 9.17) is 0 Å². The molecule has 0 saturated heterocycles. The number of carbonyl (C=O) groups is 2. The second kappa shape index (κ2) is 7.57. The van der Waals surface area contributed by atoms with Crippen molar-refractivity contribution >= 4 is 34.0 Å². The van der Waals surface area contributed by atoms with E-state index < -0.39 is 0 Å². The molecular weight excluding hydrogens is 322 g/mol. The number of aromatic nitrogens is 1. The Morgan fingerprint density at radius 2 is 2.21 bits per heavy atom. The molecule has 6 heteroatoms. The lowest BCUT2D eigenvalue weighted by Crippen LogP contribution is -2.18. The molecule has 2 amide bonds. The maximum Gasteiger partial charge on any atom is 0.226 e. The lowest BCUT2D eigenvalue weighted by molar-refractivity contribution is -0.117. The quantitative estimate of drug-likeness (QED) is 0.772. The molecule has 0 atom stereocenters. The zero-order chi connectivity index (χ0) is 16.9. The number of nitrogens with one attached hydrogen (secondary N) is 2. The SMILES string of the molecule is CCCCCC(=O)Nc1nc(-c2ccc3c(c2)CCC(=O)N3)cs1. The fourth-order valence-corrected chi connectivity index (χ4v) is 3.46. The molecule has 3 rings (SSSR count). The number of benzene rings is 1. The topological polar surface area (TPSA) is 71.1 Å². The summed E-state index contributed by atoms with van der Waals surface area (Å²) in [6, 6.07) is 5.94. The molecule has 1 aliphatic heterocycles. The number of hydrogen-bond donors (Lipinski definition) is 2. The molecule has 1 aromatic heterocycles. The van der Waals surface area contributed by atoms with Crippen LogP contribution < -0.4 is 10.6 Å². The molecule has 0 fully saturated rings. The van der Waals surface area contributed by atoms with Gasteiger partial charge in [-0.15, -0.1) is 11.3 Å². The highest BCUT2D eigenvalue weighted by Gasteiger charge is 2.16. The summed E-state index contributed by atoms with van der Waals surface area (Å²) in [6.45, 7) is 2.12. The maximum absolute atomic E-state index is 11.9. The molecule has 0 aliphatic carbocycles. The molecule has 0 spiro atoms. The summed E-state index contributed by atoms with van der Waals surface area (Å²) in [7, 11) is 0. The highest BCUT2D eigenvalue weighted by atomic mass is 32.1. The number of carbonyl (C=O) groups excluding carboxylic acids is 2. The molecular formula is C18H21N3O2S. The molecule has 2 aromatic rings. The highest BCUT2D eigenvalue weighted by Crippen LogP contribution is 2.30. The van der Waals surface area contributed by atoms with Crippen LogP contribution in [-0.2, 0) is 16.0 Å². The third-order valence-electron chi connectivity index (χ3n) is 4.05. The number of fused-ring (bicyclic) bond motifs is 1. The van der Waals surface area contributed by atoms with E-state index in [1.165, 1.54) is 11.3 Å². The molecule has 0 unspecified atom stereocenters. The molecule has 0 radical (unpaired) electrons. The number of amides is 2. The molecule has 5 nitrogen and oxygen atoms in total. The van der Waals surface area contributed by atoms with Gasteiger partial charge >= 0.3 is 0 Å². The minimum Gasteiger partial charge on any atom is -0.326 e. The van der Waals surface area contributed by atoms with Crippen LogP contribution in [0.1, 0.15) is 44.6 Å². The third kappa shape index (κ3) is 4.00. The van der Waals surface area contributed by atoms with Crippen molar-refractivity contribution in [2.75, 3.05) is 10.6 Å². The van der Waals surface area contributed by atoms with Gasteiger partial charge in [-0.2, -0.15) is 0 Å².